The zero-order valence-corrected chi connectivity index (χ0v) is 41.1. The fourth-order valence-corrected chi connectivity index (χ4v) is 8.10. The third kappa shape index (κ3) is 15.8. The summed E-state index contributed by atoms with van der Waals surface area (Å²) in [6.07, 6.45) is -7.02. The first kappa shape index (κ1) is 52.5. The summed E-state index contributed by atoms with van der Waals surface area (Å²) in [4.78, 5) is 57.5. The van der Waals surface area contributed by atoms with E-state index in [9.17, 15) is 14.4 Å². The smallest absolute Gasteiger partial charge is 0.430 e. The summed E-state index contributed by atoms with van der Waals surface area (Å²) in [6.45, 7) is 14.7. The van der Waals surface area contributed by atoms with E-state index in [1.807, 2.05) is 135 Å². The average Bonchev–Trinajstić information content (AvgIpc) is 3.71. The first-order valence-electron chi connectivity index (χ1n) is 23.7. The molecule has 2 fully saturated rings. The van der Waals surface area contributed by atoms with Crippen molar-refractivity contribution in [3.8, 4) is 0 Å². The van der Waals surface area contributed by atoms with E-state index in [2.05, 4.69) is 5.43 Å². The van der Waals surface area contributed by atoms with Crippen LogP contribution >= 0.6 is 0 Å². The molecule has 0 aromatic heterocycles. The fraction of sp³-hybridized carbons (Fsp3) is 0.481. The first-order valence-corrected chi connectivity index (χ1v) is 23.7. The number of hydrogen-bond acceptors (Lipinski definition) is 12. The van der Waals surface area contributed by atoms with Crippen molar-refractivity contribution in [2.24, 2.45) is 5.92 Å². The number of carbonyl (C=O) groups is 4. The van der Waals surface area contributed by atoms with Gasteiger partial charge < -0.3 is 37.9 Å². The number of amides is 4. The number of rotatable bonds is 19. The molecule has 15 nitrogen and oxygen atoms in total. The highest BCUT2D eigenvalue weighted by Gasteiger charge is 2.51. The van der Waals surface area contributed by atoms with Gasteiger partial charge in [0.05, 0.1) is 45.2 Å². The van der Waals surface area contributed by atoms with E-state index in [1.54, 1.807) is 41.5 Å². The maximum Gasteiger partial charge on any atom is 0.430 e. The third-order valence-corrected chi connectivity index (χ3v) is 11.4. The Hall–Kier alpha value is -5.84. The van der Waals surface area contributed by atoms with E-state index in [-0.39, 0.29) is 51.8 Å². The van der Waals surface area contributed by atoms with Crippen LogP contribution in [0.15, 0.2) is 121 Å². The first-order chi connectivity index (χ1) is 33.0. The number of hydrazine groups is 1. The van der Waals surface area contributed by atoms with Crippen LogP contribution in [0.1, 0.15) is 90.5 Å². The molecule has 7 atom stereocenters. The minimum absolute atomic E-state index is 0.0339. The van der Waals surface area contributed by atoms with E-state index in [1.165, 1.54) is 0 Å². The van der Waals surface area contributed by atoms with Crippen molar-refractivity contribution in [2.45, 2.75) is 148 Å². The minimum atomic E-state index is -1.54. The lowest BCUT2D eigenvalue weighted by atomic mass is 9.90. The predicted octanol–water partition coefficient (Wildman–Crippen LogP) is 9.56. The molecule has 2 aliphatic rings. The second kappa shape index (κ2) is 24.6. The highest BCUT2D eigenvalue weighted by molar-refractivity contribution is 5.98. The summed E-state index contributed by atoms with van der Waals surface area (Å²) in [5.41, 5.74) is 4.19. The molecule has 69 heavy (non-hydrogen) atoms. The highest BCUT2D eigenvalue weighted by atomic mass is 16.6. The zero-order chi connectivity index (χ0) is 49.6. The largest absolute Gasteiger partial charge is 0.447 e. The molecular weight excluding hydrogens is 883 g/mol. The molecule has 0 saturated carbocycles. The molecule has 2 saturated heterocycles. The molecule has 0 unspecified atom stereocenters. The van der Waals surface area contributed by atoms with Gasteiger partial charge in [0.2, 0.25) is 0 Å². The van der Waals surface area contributed by atoms with Crippen molar-refractivity contribution in [2.75, 3.05) is 13.2 Å². The van der Waals surface area contributed by atoms with E-state index in [0.717, 1.165) is 32.2 Å². The lowest BCUT2D eigenvalue weighted by molar-refractivity contribution is -0.274. The monoisotopic (exact) mass is 951 g/mol. The molecule has 0 radical (unpaired) electrons. The molecule has 4 amide bonds. The zero-order valence-electron chi connectivity index (χ0n) is 41.1. The lowest BCUT2D eigenvalue weighted by Crippen LogP contribution is -2.62. The number of benzene rings is 4. The minimum Gasteiger partial charge on any atom is -0.447 e. The molecule has 4 aromatic carbocycles. The van der Waals surface area contributed by atoms with Crippen LogP contribution in [0.2, 0.25) is 0 Å². The number of imide groups is 1. The van der Waals surface area contributed by atoms with Crippen LogP contribution in [0.5, 0.6) is 0 Å². The molecule has 0 spiro atoms. The summed E-state index contributed by atoms with van der Waals surface area (Å²) in [6, 6.07) is 36.9. The van der Waals surface area contributed by atoms with Gasteiger partial charge in [-0.15, -0.1) is 0 Å². The molecule has 372 valence electrons. The van der Waals surface area contributed by atoms with Crippen LogP contribution in [0.25, 0.3) is 0 Å². The van der Waals surface area contributed by atoms with Gasteiger partial charge in [0, 0.05) is 0 Å². The Labute approximate surface area is 406 Å². The van der Waals surface area contributed by atoms with Crippen LogP contribution in [-0.2, 0) is 69.1 Å². The summed E-state index contributed by atoms with van der Waals surface area (Å²) in [5, 5.41) is 0.808. The number of cyclic esters (lactones) is 1. The van der Waals surface area contributed by atoms with Gasteiger partial charge in [-0.25, -0.2) is 29.7 Å². The summed E-state index contributed by atoms with van der Waals surface area (Å²) >= 11 is 0. The van der Waals surface area contributed by atoms with Gasteiger partial charge in [-0.2, -0.15) is 0 Å². The van der Waals surface area contributed by atoms with Gasteiger partial charge in [-0.1, -0.05) is 135 Å². The summed E-state index contributed by atoms with van der Waals surface area (Å²) in [7, 11) is 0. The van der Waals surface area contributed by atoms with Gasteiger partial charge in [-0.05, 0) is 82.6 Å². The number of nitrogens with zero attached hydrogens (tertiary/aromatic N) is 2. The van der Waals surface area contributed by atoms with Crippen molar-refractivity contribution in [3.05, 3.63) is 144 Å². The van der Waals surface area contributed by atoms with Gasteiger partial charge >= 0.3 is 18.3 Å². The summed E-state index contributed by atoms with van der Waals surface area (Å²) in [5.74, 6) is -1.00. The van der Waals surface area contributed by atoms with Gasteiger partial charge in [0.25, 0.3) is 5.91 Å². The maximum atomic E-state index is 15.1. The molecular formula is C54H69N3O12. The average molecular weight is 952 g/mol. The lowest BCUT2D eigenvalue weighted by Gasteiger charge is -2.47. The van der Waals surface area contributed by atoms with Crippen molar-refractivity contribution in [1.82, 2.24) is 15.3 Å². The predicted molar refractivity (Wildman–Crippen MR) is 257 cm³/mol. The van der Waals surface area contributed by atoms with Gasteiger partial charge in [0.1, 0.15) is 48.3 Å². The van der Waals surface area contributed by atoms with Gasteiger partial charge in [0.15, 0.2) is 0 Å². The van der Waals surface area contributed by atoms with Crippen LogP contribution in [0, 0.1) is 5.92 Å². The quantitative estimate of drug-likeness (QED) is 0.0702. The normalized spacial score (nSPS) is 21.1. The molecule has 2 heterocycles. The van der Waals surface area contributed by atoms with Crippen LogP contribution in [0.3, 0.4) is 0 Å². The van der Waals surface area contributed by atoms with E-state index in [4.69, 9.17) is 37.9 Å². The highest BCUT2D eigenvalue weighted by Crippen LogP contribution is 2.34. The maximum absolute atomic E-state index is 15.1. The van der Waals surface area contributed by atoms with E-state index < -0.39 is 78.0 Å². The number of carbonyl (C=O) groups excluding carboxylic acids is 4. The third-order valence-electron chi connectivity index (χ3n) is 11.4. The molecule has 0 bridgehead atoms. The Bertz CT molecular complexity index is 2220. The standard InChI is InChI=1S/C54H69N3O12/c1-37(2)43-35-66-51(60)56(43)49(58)42(57(52(61)69-54(6,7)8)55-50(59)68-53(3,4)5)29-30-44-46(63-32-39-23-15-10-16-24-39)48(65-34-41-27-19-12-20-28-41)47(64-33-40-25-17-11-18-26-40)45(67-44)36-62-31-38-21-13-9-14-22-38/h9-28,37,42-48H,29-36H2,1-8H3,(H,55,59)/t42-,43+,44-,45+,46-,47-,48+/m0/s1. The van der Waals surface area contributed by atoms with Crippen molar-refractivity contribution in [3.63, 3.8) is 0 Å². The second-order valence-electron chi connectivity index (χ2n) is 19.7. The van der Waals surface area contributed by atoms with Crippen molar-refractivity contribution >= 4 is 24.2 Å². The SMILES string of the molecule is CC(C)[C@H]1COC(=O)N1C(=O)[C@H](CC[C@@H]1O[C@H](COCc2ccccc2)[C@H](OCc2ccccc2)[C@H](OCc2ccccc2)[C@H]1OCc1ccccc1)N(NC(=O)OC(C)(C)C)C(=O)OC(C)(C)C. The van der Waals surface area contributed by atoms with E-state index in [0.29, 0.717) is 6.61 Å². The van der Waals surface area contributed by atoms with Crippen molar-refractivity contribution in [1.29, 1.82) is 0 Å². The molecule has 15 heteroatoms. The Morgan fingerprint density at radius 1 is 0.652 bits per heavy atom. The Morgan fingerprint density at radius 2 is 1.10 bits per heavy atom. The Morgan fingerprint density at radius 3 is 1.57 bits per heavy atom. The Kier molecular flexibility index (Phi) is 18.8. The van der Waals surface area contributed by atoms with Crippen LogP contribution in [-0.4, -0.2) is 101 Å². The van der Waals surface area contributed by atoms with Crippen LogP contribution in [0.4, 0.5) is 14.4 Å². The number of nitrogens with one attached hydrogen (secondary N) is 1. The fourth-order valence-electron chi connectivity index (χ4n) is 8.10. The van der Waals surface area contributed by atoms with Gasteiger partial charge in [-0.3, -0.25) is 4.79 Å². The molecule has 6 rings (SSSR count). The van der Waals surface area contributed by atoms with Crippen LogP contribution < -0.4 is 5.43 Å². The molecule has 4 aromatic rings. The Balaban J connectivity index is 1.42. The summed E-state index contributed by atoms with van der Waals surface area (Å²) < 4.78 is 51.0. The molecule has 0 aliphatic carbocycles. The molecule has 2 aliphatic heterocycles. The molecule has 1 N–H and O–H groups in total. The number of hydrogen-bond donors (Lipinski definition) is 1. The topological polar surface area (TPSA) is 161 Å². The van der Waals surface area contributed by atoms with E-state index >= 15 is 4.79 Å². The second-order valence-corrected chi connectivity index (χ2v) is 19.7. The van der Waals surface area contributed by atoms with Crippen molar-refractivity contribution < 1.29 is 57.1 Å². The number of ether oxygens (including phenoxy) is 8.